The van der Waals surface area contributed by atoms with Gasteiger partial charge in [0.05, 0.1) is 79.2 Å². The Morgan fingerprint density at radius 2 is 1.65 bits per heavy atom. The third-order valence-corrected chi connectivity index (χ3v) is 19.4. The van der Waals surface area contributed by atoms with Crippen molar-refractivity contribution < 1.29 is 52.2 Å². The lowest BCUT2D eigenvalue weighted by Crippen LogP contribution is -2.53. The molecule has 81 heavy (non-hydrogen) atoms. The smallest absolute Gasteiger partial charge is 0.313 e. The van der Waals surface area contributed by atoms with E-state index in [2.05, 4.69) is 35.1 Å². The van der Waals surface area contributed by atoms with Crippen molar-refractivity contribution in [3.05, 3.63) is 61.7 Å². The van der Waals surface area contributed by atoms with Crippen LogP contribution in [0.2, 0.25) is 0 Å². The second kappa shape index (κ2) is 28.0. The van der Waals surface area contributed by atoms with Crippen molar-refractivity contribution in [1.29, 1.82) is 0 Å². The molecule has 2 fully saturated rings. The molecular formula is C60H83FN8O11S. The van der Waals surface area contributed by atoms with Crippen LogP contribution in [0, 0.1) is 18.7 Å². The van der Waals surface area contributed by atoms with Gasteiger partial charge in [0.1, 0.15) is 24.5 Å². The molecule has 8 rings (SSSR count). The number of aryl methyl sites for hydroxylation is 1. The van der Waals surface area contributed by atoms with Gasteiger partial charge in [-0.15, -0.1) is 11.8 Å². The van der Waals surface area contributed by atoms with Gasteiger partial charge in [0.25, 0.3) is 5.56 Å². The maximum atomic E-state index is 15.5. The molecule has 5 aliphatic rings. The zero-order chi connectivity index (χ0) is 58.0. The van der Waals surface area contributed by atoms with Crippen LogP contribution in [-0.2, 0) is 67.3 Å². The number of nitrogens with two attached hydrogens (primary N) is 1. The highest BCUT2D eigenvalue weighted by Gasteiger charge is 2.47. The summed E-state index contributed by atoms with van der Waals surface area (Å²) in [6.45, 7) is 11.1. The van der Waals surface area contributed by atoms with Crippen molar-refractivity contribution in [2.24, 2.45) is 11.7 Å². The van der Waals surface area contributed by atoms with Gasteiger partial charge in [0, 0.05) is 47.6 Å². The molecule has 0 radical (unpaired) electrons. The van der Waals surface area contributed by atoms with Gasteiger partial charge in [-0.1, -0.05) is 46.5 Å². The summed E-state index contributed by atoms with van der Waals surface area (Å²) in [5, 5.41) is 11.9. The van der Waals surface area contributed by atoms with E-state index < -0.39 is 41.8 Å². The minimum Gasteiger partial charge on any atom is -0.460 e. The quantitative estimate of drug-likeness (QED) is 0.0217. The maximum Gasteiger partial charge on any atom is 0.313 e. The number of fused-ring (bicyclic) bond motifs is 5. The Kier molecular flexibility index (Phi) is 21.2. The molecule has 1 saturated heterocycles. The number of esters is 1. The summed E-state index contributed by atoms with van der Waals surface area (Å²) in [5.41, 5.74) is 11.0. The highest BCUT2D eigenvalue weighted by atomic mass is 32.2. The Hall–Kier alpha value is -5.77. The number of halogens is 1. The Balaban J connectivity index is 0.774. The highest BCUT2D eigenvalue weighted by Crippen LogP contribution is 2.50. The first-order chi connectivity index (χ1) is 39.0. The molecule has 442 valence electrons. The number of pyridine rings is 2. The molecule has 5 atom stereocenters. The number of nitrogens with zero attached hydrogens (tertiary/aromatic N) is 3. The normalized spacial score (nSPS) is 19.3. The molecule has 3 aromatic rings. The Bertz CT molecular complexity index is 2910. The van der Waals surface area contributed by atoms with Crippen LogP contribution in [0.4, 0.5) is 4.39 Å². The summed E-state index contributed by atoms with van der Waals surface area (Å²) in [6, 6.07) is 0.917. The topological polar surface area (TPSA) is 259 Å². The molecule has 21 heteroatoms. The lowest BCUT2D eigenvalue weighted by atomic mass is 9.81. The summed E-state index contributed by atoms with van der Waals surface area (Å²) in [7, 11) is 0. The molecule has 0 spiro atoms. The number of hydrogen-bond donors (Lipinski definition) is 5. The van der Waals surface area contributed by atoms with Gasteiger partial charge >= 0.3 is 5.97 Å². The fourth-order valence-corrected chi connectivity index (χ4v) is 14.5. The summed E-state index contributed by atoms with van der Waals surface area (Å²) in [4.78, 5) is 113. The number of likely N-dealkylation sites (tertiary alicyclic amines) is 1. The van der Waals surface area contributed by atoms with Gasteiger partial charge in [0.15, 0.2) is 0 Å². The summed E-state index contributed by atoms with van der Waals surface area (Å²) in [6.07, 6.45) is 12.0. The fourth-order valence-electron chi connectivity index (χ4n) is 12.8. The second-order valence-electron chi connectivity index (χ2n) is 22.5. The predicted molar refractivity (Wildman–Crippen MR) is 305 cm³/mol. The van der Waals surface area contributed by atoms with Crippen LogP contribution in [0.25, 0.3) is 22.3 Å². The van der Waals surface area contributed by atoms with Gasteiger partial charge in [-0.2, -0.15) is 0 Å². The molecule has 19 nitrogen and oxygen atoms in total. The van der Waals surface area contributed by atoms with E-state index in [1.54, 1.807) is 23.3 Å². The van der Waals surface area contributed by atoms with E-state index >= 15 is 4.39 Å². The number of thioether (sulfide) groups is 1. The first kappa shape index (κ1) is 61.3. The molecule has 6 amide bonds. The lowest BCUT2D eigenvalue weighted by Gasteiger charge is -2.38. The van der Waals surface area contributed by atoms with Crippen LogP contribution >= 0.6 is 11.8 Å². The first-order valence-corrected chi connectivity index (χ1v) is 30.5. The van der Waals surface area contributed by atoms with Crippen LogP contribution in [-0.4, -0.2) is 124 Å². The largest absolute Gasteiger partial charge is 0.460 e. The number of nitrogens with one attached hydrogen (secondary N) is 4. The predicted octanol–water partition coefficient (Wildman–Crippen LogP) is 6.35. The van der Waals surface area contributed by atoms with Crippen LogP contribution in [0.15, 0.2) is 16.9 Å². The van der Waals surface area contributed by atoms with E-state index in [9.17, 15) is 38.4 Å². The summed E-state index contributed by atoms with van der Waals surface area (Å²) in [5.74, 6) is -2.72. The highest BCUT2D eigenvalue weighted by molar-refractivity contribution is 8.02. The van der Waals surface area contributed by atoms with Crippen LogP contribution < -0.4 is 32.6 Å². The fraction of sp³-hybridized carbons (Fsp3) is 0.650. The number of carbonyl (C=O) groups excluding carboxylic acids is 7. The molecule has 2 aliphatic carbocycles. The third kappa shape index (κ3) is 13.8. The Morgan fingerprint density at radius 1 is 0.901 bits per heavy atom. The molecule has 5 heterocycles. The monoisotopic (exact) mass is 1140 g/mol. The van der Waals surface area contributed by atoms with Crippen molar-refractivity contribution in [3.8, 4) is 11.4 Å². The summed E-state index contributed by atoms with van der Waals surface area (Å²) < 4.78 is 33.9. The molecular weight excluding hydrogens is 1060 g/mol. The van der Waals surface area contributed by atoms with Gasteiger partial charge < -0.3 is 45.8 Å². The minimum atomic E-state index is -0.965. The number of cyclic esters (lactones) is 1. The van der Waals surface area contributed by atoms with E-state index in [0.29, 0.717) is 84.6 Å². The van der Waals surface area contributed by atoms with Gasteiger partial charge in [-0.05, 0) is 125 Å². The number of unbranched alkanes of at least 4 members (excludes halogenated alkanes) is 2. The van der Waals surface area contributed by atoms with Gasteiger partial charge in [-0.25, -0.2) is 9.37 Å². The van der Waals surface area contributed by atoms with Gasteiger partial charge in [-0.3, -0.25) is 43.3 Å². The number of imide groups is 1. The average molecular weight is 1140 g/mol. The number of aromatic nitrogens is 2. The molecule has 0 bridgehead atoms. The Labute approximate surface area is 478 Å². The number of amides is 6. The van der Waals surface area contributed by atoms with Crippen LogP contribution in [0.3, 0.4) is 0 Å². The van der Waals surface area contributed by atoms with Crippen molar-refractivity contribution in [1.82, 2.24) is 35.7 Å². The average Bonchev–Trinajstić information content (AvgIpc) is 4.34. The van der Waals surface area contributed by atoms with Crippen molar-refractivity contribution in [2.75, 3.05) is 46.1 Å². The maximum absolute atomic E-state index is 15.5. The molecule has 1 aromatic carbocycles. The van der Waals surface area contributed by atoms with Crippen molar-refractivity contribution in [2.45, 2.75) is 197 Å². The van der Waals surface area contributed by atoms with Crippen molar-refractivity contribution in [3.63, 3.8) is 0 Å². The molecule has 3 aliphatic heterocycles. The van der Waals surface area contributed by atoms with E-state index in [4.69, 9.17) is 24.9 Å². The molecule has 1 unspecified atom stereocenters. The minimum absolute atomic E-state index is 0.0165. The zero-order valence-corrected chi connectivity index (χ0v) is 48.7. The van der Waals surface area contributed by atoms with E-state index in [1.807, 2.05) is 13.0 Å². The van der Waals surface area contributed by atoms with Crippen molar-refractivity contribution >= 4 is 64.1 Å². The Morgan fingerprint density at radius 3 is 2.38 bits per heavy atom. The number of carbonyl (C=O) groups is 7. The van der Waals surface area contributed by atoms with Crippen LogP contribution in [0.5, 0.6) is 0 Å². The van der Waals surface area contributed by atoms with E-state index in [0.717, 1.165) is 47.8 Å². The second-order valence-corrected chi connectivity index (χ2v) is 24.1. The SMILES string of the molecule is CCCC[C@@H]1C(=O)OCc2c1cc1n(c2=O)Cc2c-1nc1cc(F)c(C)c3c1c2[C@@H](NC(=O)CCCNC(=O)[C@H](CCCCN)NC(=O)[C@H](C)NC(=O)CCOCCOCCN1C(=O)CC(SC(CC)(CC)C2CCCC2)C1=O)CC3. The molecule has 1 saturated carbocycles. The summed E-state index contributed by atoms with van der Waals surface area (Å²) >= 11 is 1.71. The zero-order valence-electron chi connectivity index (χ0n) is 47.9. The van der Waals surface area contributed by atoms with E-state index in [-0.39, 0.29) is 123 Å². The number of benzene rings is 1. The number of ether oxygens (including phenoxy) is 3. The molecule has 2 aromatic heterocycles. The van der Waals surface area contributed by atoms with Gasteiger partial charge in [0.2, 0.25) is 35.4 Å². The standard InChI is InChI=1S/C60H83FN8O11S/c1-6-9-17-39-40-30-47-54-41(33-69(47)57(75)42(40)34-80-59(39)77)53-44(21-20-38-35(4)43(61)31-46(66-54)52(38)53)65-49(70)19-14-24-63-56(74)45(18-12-13-23-62)67-55(73)36(5)64-50(71)22-26-78-28-29-79-27-25-68-51(72)32-48(58(68)76)81-60(7-2,8-3)37-15-10-11-16-37/h30-31,36-37,39,44-45,48H,6-29,32-34,62H2,1-5H3,(H,63,74)(H,64,71)(H,65,70)(H,67,73)/t36-,39-,44-,45-,48?/m0/s1. The molecule has 6 N–H and O–H groups in total. The first-order valence-electron chi connectivity index (χ1n) is 29.7. The van der Waals surface area contributed by atoms with E-state index in [1.165, 1.54) is 43.6 Å². The number of rotatable bonds is 30. The third-order valence-electron chi connectivity index (χ3n) is 17.4. The van der Waals surface area contributed by atoms with Crippen LogP contribution in [0.1, 0.15) is 182 Å². The lowest BCUT2D eigenvalue weighted by molar-refractivity contribution is -0.148. The number of hydrogen-bond acceptors (Lipinski definition) is 14.